The first-order valence-electron chi connectivity index (χ1n) is 8.63. The Hall–Kier alpha value is -2.40. The number of benzene rings is 2. The molecule has 1 fully saturated rings. The molecule has 4 nitrogen and oxygen atoms in total. The number of piperidine rings is 1. The summed E-state index contributed by atoms with van der Waals surface area (Å²) in [4.78, 5) is 6.96. The van der Waals surface area contributed by atoms with Gasteiger partial charge in [0.15, 0.2) is 11.5 Å². The summed E-state index contributed by atoms with van der Waals surface area (Å²) in [5.74, 6) is 1.70. The number of oxazole rings is 1. The minimum absolute atomic E-state index is 0.225. The Kier molecular flexibility index (Phi) is 4.40. The van der Waals surface area contributed by atoms with E-state index in [1.54, 1.807) is 19.2 Å². The summed E-state index contributed by atoms with van der Waals surface area (Å²) in [6.45, 7) is 2.56. The van der Waals surface area contributed by atoms with Gasteiger partial charge < -0.3 is 9.15 Å². The molecular formula is C20H21FN2O2. The number of para-hydroxylation sites is 2. The molecule has 130 valence electrons. The van der Waals surface area contributed by atoms with Gasteiger partial charge in [-0.1, -0.05) is 12.1 Å². The van der Waals surface area contributed by atoms with Gasteiger partial charge in [0.25, 0.3) is 0 Å². The zero-order valence-electron chi connectivity index (χ0n) is 14.2. The van der Waals surface area contributed by atoms with Crippen molar-refractivity contribution in [3.05, 3.63) is 59.7 Å². The van der Waals surface area contributed by atoms with E-state index < -0.39 is 0 Å². The third kappa shape index (κ3) is 3.37. The number of fused-ring (bicyclic) bond motifs is 1. The number of aromatic nitrogens is 1. The Labute approximate surface area is 146 Å². The fourth-order valence-electron chi connectivity index (χ4n) is 3.51. The molecule has 5 heteroatoms. The molecule has 0 amide bonds. The highest BCUT2D eigenvalue weighted by atomic mass is 19.1. The molecule has 1 saturated heterocycles. The molecular weight excluding hydrogens is 319 g/mol. The Morgan fingerprint density at radius 1 is 1.20 bits per heavy atom. The molecule has 0 aliphatic carbocycles. The molecule has 2 heterocycles. The number of halogens is 1. The van der Waals surface area contributed by atoms with Crippen LogP contribution in [0.2, 0.25) is 0 Å². The van der Waals surface area contributed by atoms with Crippen molar-refractivity contribution in [2.45, 2.75) is 25.3 Å². The predicted molar refractivity (Wildman–Crippen MR) is 94.2 cm³/mol. The van der Waals surface area contributed by atoms with Crippen LogP contribution in [0.1, 0.15) is 30.2 Å². The summed E-state index contributed by atoms with van der Waals surface area (Å²) in [5.41, 5.74) is 2.66. The van der Waals surface area contributed by atoms with Gasteiger partial charge in [0.1, 0.15) is 17.1 Å². The lowest BCUT2D eigenvalue weighted by atomic mass is 9.96. The van der Waals surface area contributed by atoms with Gasteiger partial charge in [0.05, 0.1) is 7.11 Å². The van der Waals surface area contributed by atoms with E-state index in [1.165, 1.54) is 6.07 Å². The van der Waals surface area contributed by atoms with E-state index in [1.807, 2.05) is 24.3 Å². The van der Waals surface area contributed by atoms with Gasteiger partial charge in [-0.2, -0.15) is 0 Å². The van der Waals surface area contributed by atoms with Crippen LogP contribution in [0.3, 0.4) is 0 Å². The molecule has 0 bridgehead atoms. The van der Waals surface area contributed by atoms with Crippen LogP contribution in [0.15, 0.2) is 46.9 Å². The Morgan fingerprint density at radius 2 is 2.00 bits per heavy atom. The van der Waals surface area contributed by atoms with Crippen molar-refractivity contribution in [2.24, 2.45) is 0 Å². The van der Waals surface area contributed by atoms with Crippen LogP contribution in [0, 0.1) is 5.82 Å². The molecule has 25 heavy (non-hydrogen) atoms. The van der Waals surface area contributed by atoms with Gasteiger partial charge in [-0.25, -0.2) is 9.37 Å². The first kappa shape index (κ1) is 16.1. The monoisotopic (exact) mass is 340 g/mol. The number of methoxy groups -OCH3 is 1. The van der Waals surface area contributed by atoms with Crippen LogP contribution in [0.4, 0.5) is 4.39 Å². The summed E-state index contributed by atoms with van der Waals surface area (Å²) in [5, 5.41) is 0. The normalized spacial score (nSPS) is 16.4. The molecule has 0 unspecified atom stereocenters. The second kappa shape index (κ2) is 6.84. The SMILES string of the molecule is COc1ccc(F)cc1CN1CCC(c2nc3ccccc3o2)CC1. The number of rotatable bonds is 4. The smallest absolute Gasteiger partial charge is 0.198 e. The van der Waals surface area contributed by atoms with Crippen LogP contribution in [-0.4, -0.2) is 30.1 Å². The van der Waals surface area contributed by atoms with E-state index >= 15 is 0 Å². The van der Waals surface area contributed by atoms with Gasteiger partial charge in [0, 0.05) is 18.0 Å². The maximum Gasteiger partial charge on any atom is 0.198 e. The quantitative estimate of drug-likeness (QED) is 0.707. The Morgan fingerprint density at radius 3 is 2.76 bits per heavy atom. The fraction of sp³-hybridized carbons (Fsp3) is 0.350. The van der Waals surface area contributed by atoms with E-state index in [2.05, 4.69) is 9.88 Å². The van der Waals surface area contributed by atoms with Crippen LogP contribution in [-0.2, 0) is 6.54 Å². The van der Waals surface area contributed by atoms with Crippen molar-refractivity contribution in [1.82, 2.24) is 9.88 Å². The Balaban J connectivity index is 1.42. The molecule has 0 N–H and O–H groups in total. The molecule has 2 aromatic carbocycles. The average Bonchev–Trinajstić information content (AvgIpc) is 3.07. The topological polar surface area (TPSA) is 38.5 Å². The lowest BCUT2D eigenvalue weighted by Crippen LogP contribution is -2.32. The molecule has 0 atom stereocenters. The highest BCUT2D eigenvalue weighted by molar-refractivity contribution is 5.72. The number of hydrogen-bond acceptors (Lipinski definition) is 4. The predicted octanol–water partition coefficient (Wildman–Crippen LogP) is 4.36. The van der Waals surface area contributed by atoms with Crippen LogP contribution < -0.4 is 4.74 Å². The van der Waals surface area contributed by atoms with E-state index in [0.29, 0.717) is 12.5 Å². The van der Waals surface area contributed by atoms with E-state index in [0.717, 1.165) is 54.2 Å². The molecule has 1 aliphatic rings. The summed E-state index contributed by atoms with van der Waals surface area (Å²) in [6, 6.07) is 12.6. The largest absolute Gasteiger partial charge is 0.496 e. The molecule has 1 aromatic heterocycles. The fourth-order valence-corrected chi connectivity index (χ4v) is 3.51. The minimum atomic E-state index is -0.225. The van der Waals surface area contributed by atoms with Crippen molar-refractivity contribution in [3.63, 3.8) is 0 Å². The summed E-state index contributed by atoms with van der Waals surface area (Å²) in [7, 11) is 1.62. The van der Waals surface area contributed by atoms with Crippen LogP contribution in [0.25, 0.3) is 11.1 Å². The van der Waals surface area contributed by atoms with Gasteiger partial charge in [0.2, 0.25) is 0 Å². The van der Waals surface area contributed by atoms with Crippen LogP contribution in [0.5, 0.6) is 5.75 Å². The third-order valence-electron chi connectivity index (χ3n) is 4.88. The highest BCUT2D eigenvalue weighted by Gasteiger charge is 2.25. The highest BCUT2D eigenvalue weighted by Crippen LogP contribution is 2.31. The first-order chi connectivity index (χ1) is 12.2. The van der Waals surface area contributed by atoms with Gasteiger partial charge in [-0.3, -0.25) is 4.90 Å². The van der Waals surface area contributed by atoms with Crippen molar-refractivity contribution in [3.8, 4) is 5.75 Å². The number of likely N-dealkylation sites (tertiary alicyclic amines) is 1. The van der Waals surface area contributed by atoms with Crippen molar-refractivity contribution >= 4 is 11.1 Å². The number of hydrogen-bond donors (Lipinski definition) is 0. The van der Waals surface area contributed by atoms with Crippen molar-refractivity contribution < 1.29 is 13.5 Å². The lowest BCUT2D eigenvalue weighted by molar-refractivity contribution is 0.192. The van der Waals surface area contributed by atoms with E-state index in [-0.39, 0.29) is 5.82 Å². The maximum atomic E-state index is 13.5. The number of nitrogens with zero attached hydrogens (tertiary/aromatic N) is 2. The van der Waals surface area contributed by atoms with Gasteiger partial charge in [-0.15, -0.1) is 0 Å². The Bertz CT molecular complexity index is 836. The minimum Gasteiger partial charge on any atom is -0.496 e. The second-order valence-electron chi connectivity index (χ2n) is 6.53. The lowest BCUT2D eigenvalue weighted by Gasteiger charge is -2.30. The van der Waals surface area contributed by atoms with Gasteiger partial charge >= 0.3 is 0 Å². The summed E-state index contributed by atoms with van der Waals surface area (Å²) in [6.07, 6.45) is 1.98. The zero-order valence-corrected chi connectivity index (χ0v) is 14.2. The van der Waals surface area contributed by atoms with Crippen molar-refractivity contribution in [2.75, 3.05) is 20.2 Å². The number of ether oxygens (including phenoxy) is 1. The summed E-state index contributed by atoms with van der Waals surface area (Å²) >= 11 is 0. The standard InChI is InChI=1S/C20H21FN2O2/c1-24-18-7-6-16(21)12-15(18)13-23-10-8-14(9-11-23)20-22-17-4-2-3-5-19(17)25-20/h2-7,12,14H,8-11,13H2,1H3. The molecule has 1 aliphatic heterocycles. The average molecular weight is 340 g/mol. The summed E-state index contributed by atoms with van der Waals surface area (Å²) < 4.78 is 24.8. The van der Waals surface area contributed by atoms with E-state index in [4.69, 9.17) is 9.15 Å². The molecule has 4 rings (SSSR count). The van der Waals surface area contributed by atoms with Crippen molar-refractivity contribution in [1.29, 1.82) is 0 Å². The molecule has 0 spiro atoms. The molecule has 0 radical (unpaired) electrons. The molecule has 0 saturated carbocycles. The van der Waals surface area contributed by atoms with E-state index in [9.17, 15) is 4.39 Å². The second-order valence-corrected chi connectivity index (χ2v) is 6.53. The zero-order chi connectivity index (χ0) is 17.2. The van der Waals surface area contributed by atoms with Gasteiger partial charge in [-0.05, 0) is 56.3 Å². The molecule has 3 aromatic rings. The van der Waals surface area contributed by atoms with Crippen LogP contribution >= 0.6 is 0 Å². The first-order valence-corrected chi connectivity index (χ1v) is 8.63. The maximum absolute atomic E-state index is 13.5. The third-order valence-corrected chi connectivity index (χ3v) is 4.88.